The number of likely N-dealkylation sites (tertiary alicyclic amines) is 1. The number of carbonyl (C=O) groups is 2. The van der Waals surface area contributed by atoms with E-state index in [0.29, 0.717) is 18.4 Å². The van der Waals surface area contributed by atoms with Crippen molar-refractivity contribution < 1.29 is 27.9 Å². The molecule has 0 saturated carbocycles. The molecule has 1 atom stereocenters. The molecule has 158 valence electrons. The predicted molar refractivity (Wildman–Crippen MR) is 99.2 cm³/mol. The van der Waals surface area contributed by atoms with Crippen LogP contribution in [0.1, 0.15) is 29.5 Å². The summed E-state index contributed by atoms with van der Waals surface area (Å²) in [6, 6.07) is 4.61. The van der Waals surface area contributed by atoms with Crippen LogP contribution in [0.3, 0.4) is 0 Å². The Labute approximate surface area is 169 Å². The number of carboxylic acids is 1. The van der Waals surface area contributed by atoms with Crippen molar-refractivity contribution in [2.45, 2.75) is 38.1 Å². The molecule has 1 N–H and O–H groups in total. The van der Waals surface area contributed by atoms with Crippen molar-refractivity contribution in [1.29, 1.82) is 0 Å². The van der Waals surface area contributed by atoms with Crippen LogP contribution in [-0.2, 0) is 22.7 Å². The van der Waals surface area contributed by atoms with Crippen molar-refractivity contribution >= 4 is 23.2 Å². The minimum Gasteiger partial charge on any atom is -0.475 e. The lowest BCUT2D eigenvalue weighted by Gasteiger charge is -2.36. The van der Waals surface area contributed by atoms with Gasteiger partial charge in [0.05, 0.1) is 18.1 Å². The zero-order valence-electron chi connectivity index (χ0n) is 15.5. The highest BCUT2D eigenvalue weighted by Crippen LogP contribution is 2.25. The monoisotopic (exact) mass is 430 g/mol. The van der Waals surface area contributed by atoms with Crippen LogP contribution < -0.4 is 0 Å². The average Bonchev–Trinajstić information content (AvgIpc) is 3.38. The fourth-order valence-electron chi connectivity index (χ4n) is 3.50. The lowest BCUT2D eigenvalue weighted by molar-refractivity contribution is -0.192. The van der Waals surface area contributed by atoms with Gasteiger partial charge in [0.2, 0.25) is 5.91 Å². The van der Waals surface area contributed by atoms with Crippen molar-refractivity contribution in [2.24, 2.45) is 0 Å². The minimum absolute atomic E-state index is 0.303. The summed E-state index contributed by atoms with van der Waals surface area (Å²) in [5.74, 6) is -2.45. The zero-order chi connectivity index (χ0) is 21.0. The van der Waals surface area contributed by atoms with Gasteiger partial charge >= 0.3 is 12.1 Å². The van der Waals surface area contributed by atoms with Gasteiger partial charge in [-0.25, -0.2) is 9.78 Å². The van der Waals surface area contributed by atoms with Crippen molar-refractivity contribution in [2.75, 3.05) is 19.6 Å². The zero-order valence-corrected chi connectivity index (χ0v) is 16.3. The van der Waals surface area contributed by atoms with Gasteiger partial charge in [-0.3, -0.25) is 9.69 Å². The first-order chi connectivity index (χ1) is 13.7. The number of aliphatic carboxylic acids is 1. The number of halogens is 3. The van der Waals surface area contributed by atoms with Crippen molar-refractivity contribution in [3.05, 3.63) is 40.6 Å². The second-order valence-electron chi connectivity index (χ2n) is 6.94. The number of imidazole rings is 1. The summed E-state index contributed by atoms with van der Waals surface area (Å²) in [5, 5.41) is 9.25. The Hall–Kier alpha value is -2.40. The Morgan fingerprint density at radius 1 is 1.38 bits per heavy atom. The van der Waals surface area contributed by atoms with E-state index in [1.54, 1.807) is 11.3 Å². The average molecular weight is 430 g/mol. The first-order valence-electron chi connectivity index (χ1n) is 9.07. The maximum Gasteiger partial charge on any atom is 0.490 e. The molecule has 1 amide bonds. The van der Waals surface area contributed by atoms with E-state index in [4.69, 9.17) is 9.90 Å². The number of hydrogen-bond donors (Lipinski definition) is 1. The molecule has 2 aliphatic heterocycles. The minimum atomic E-state index is -5.08. The van der Waals surface area contributed by atoms with E-state index in [0.717, 1.165) is 39.1 Å². The Morgan fingerprint density at radius 2 is 2.14 bits per heavy atom. The number of thiophene rings is 1. The summed E-state index contributed by atoms with van der Waals surface area (Å²) in [6.07, 6.45) is 0.506. The SMILES string of the molecule is O=C(O)C(F)(F)F.O=C1CCCN1CC1CN(Cc2cccs2)Cc2cncn21. The number of aromatic nitrogens is 2. The standard InChI is InChI=1S/C16H20N4OS.C2HF3O2/c21-16-4-1-5-19(16)10-14-9-18(11-15-3-2-6-22-15)8-13-7-17-12-20(13)14;3-2(4,5)1(6)7/h2-3,6-7,12,14H,1,4-5,8-11H2;(H,6,7). The molecule has 4 heterocycles. The highest BCUT2D eigenvalue weighted by Gasteiger charge is 2.38. The number of amides is 1. The van der Waals surface area contributed by atoms with E-state index in [9.17, 15) is 18.0 Å². The van der Waals surface area contributed by atoms with Gasteiger partial charge in [-0.05, 0) is 17.9 Å². The summed E-state index contributed by atoms with van der Waals surface area (Å²) in [6.45, 7) is 4.61. The molecule has 4 rings (SSSR count). The second-order valence-corrected chi connectivity index (χ2v) is 7.97. The third-order valence-electron chi connectivity index (χ3n) is 4.80. The molecule has 0 aromatic carbocycles. The predicted octanol–water partition coefficient (Wildman–Crippen LogP) is 2.76. The molecule has 11 heteroatoms. The number of rotatable bonds is 4. The lowest BCUT2D eigenvalue weighted by Crippen LogP contribution is -2.42. The Morgan fingerprint density at radius 3 is 2.72 bits per heavy atom. The third kappa shape index (κ3) is 5.57. The van der Waals surface area contributed by atoms with Crippen LogP contribution >= 0.6 is 11.3 Å². The molecule has 0 radical (unpaired) electrons. The molecule has 0 aliphatic carbocycles. The van der Waals surface area contributed by atoms with Crippen LogP contribution in [0.4, 0.5) is 13.2 Å². The molecule has 0 spiro atoms. The molecule has 29 heavy (non-hydrogen) atoms. The van der Waals surface area contributed by atoms with Gasteiger partial charge < -0.3 is 14.6 Å². The molecule has 1 saturated heterocycles. The van der Waals surface area contributed by atoms with Crippen LogP contribution in [0.25, 0.3) is 0 Å². The smallest absolute Gasteiger partial charge is 0.475 e. The van der Waals surface area contributed by atoms with Gasteiger partial charge in [0, 0.05) is 50.2 Å². The van der Waals surface area contributed by atoms with Crippen molar-refractivity contribution in [1.82, 2.24) is 19.4 Å². The second kappa shape index (κ2) is 8.95. The Balaban J connectivity index is 0.000000298. The molecule has 7 nitrogen and oxygen atoms in total. The number of fused-ring (bicyclic) bond motifs is 1. The van der Waals surface area contributed by atoms with E-state index in [1.807, 2.05) is 17.4 Å². The van der Waals surface area contributed by atoms with E-state index in [1.165, 1.54) is 10.6 Å². The van der Waals surface area contributed by atoms with Crippen LogP contribution in [0, 0.1) is 0 Å². The summed E-state index contributed by atoms with van der Waals surface area (Å²) in [4.78, 5) is 31.0. The maximum absolute atomic E-state index is 11.9. The third-order valence-corrected chi connectivity index (χ3v) is 5.66. The van der Waals surface area contributed by atoms with Crippen LogP contribution in [0.15, 0.2) is 30.0 Å². The maximum atomic E-state index is 11.9. The molecule has 1 unspecified atom stereocenters. The number of carbonyl (C=O) groups excluding carboxylic acids is 1. The molecule has 2 aromatic heterocycles. The number of hydrogen-bond acceptors (Lipinski definition) is 5. The molecular weight excluding hydrogens is 409 g/mol. The van der Waals surface area contributed by atoms with E-state index in [2.05, 4.69) is 32.0 Å². The first kappa shape index (κ1) is 21.3. The van der Waals surface area contributed by atoms with Crippen molar-refractivity contribution in [3.8, 4) is 0 Å². The first-order valence-corrected chi connectivity index (χ1v) is 9.95. The number of nitrogens with zero attached hydrogens (tertiary/aromatic N) is 4. The number of carboxylic acid groups (broad SMARTS) is 1. The molecule has 0 bridgehead atoms. The van der Waals surface area contributed by atoms with Gasteiger partial charge in [-0.2, -0.15) is 13.2 Å². The summed E-state index contributed by atoms with van der Waals surface area (Å²) < 4.78 is 34.0. The molecule has 1 fully saturated rings. The van der Waals surface area contributed by atoms with Gasteiger partial charge in [-0.1, -0.05) is 6.07 Å². The van der Waals surface area contributed by atoms with E-state index in [-0.39, 0.29) is 0 Å². The van der Waals surface area contributed by atoms with Gasteiger partial charge in [-0.15, -0.1) is 11.3 Å². The highest BCUT2D eigenvalue weighted by molar-refractivity contribution is 7.09. The quantitative estimate of drug-likeness (QED) is 0.807. The normalized spacial score (nSPS) is 19.6. The summed E-state index contributed by atoms with van der Waals surface area (Å²) in [5.41, 5.74) is 1.25. The van der Waals surface area contributed by atoms with Crippen LogP contribution in [0.2, 0.25) is 0 Å². The largest absolute Gasteiger partial charge is 0.490 e. The summed E-state index contributed by atoms with van der Waals surface area (Å²) >= 11 is 1.81. The van der Waals surface area contributed by atoms with Crippen LogP contribution in [0.5, 0.6) is 0 Å². The van der Waals surface area contributed by atoms with Gasteiger partial charge in [0.1, 0.15) is 0 Å². The van der Waals surface area contributed by atoms with Crippen molar-refractivity contribution in [3.63, 3.8) is 0 Å². The molecule has 2 aliphatic rings. The Bertz CT molecular complexity index is 838. The molecular formula is C18H21F3N4O3S. The van der Waals surface area contributed by atoms with Gasteiger partial charge in [0.25, 0.3) is 0 Å². The lowest BCUT2D eigenvalue weighted by atomic mass is 10.1. The van der Waals surface area contributed by atoms with E-state index < -0.39 is 12.1 Å². The highest BCUT2D eigenvalue weighted by atomic mass is 32.1. The van der Waals surface area contributed by atoms with Gasteiger partial charge in [0.15, 0.2) is 0 Å². The molecule has 2 aromatic rings. The summed E-state index contributed by atoms with van der Waals surface area (Å²) in [7, 11) is 0. The van der Waals surface area contributed by atoms with E-state index >= 15 is 0 Å². The fraction of sp³-hybridized carbons (Fsp3) is 0.500. The van der Waals surface area contributed by atoms with Crippen LogP contribution in [-0.4, -0.2) is 62.1 Å². The Kier molecular flexibility index (Phi) is 6.58. The fourth-order valence-corrected chi connectivity index (χ4v) is 4.25. The number of alkyl halides is 3. The topological polar surface area (TPSA) is 78.7 Å².